The third-order valence-corrected chi connectivity index (χ3v) is 6.51. The van der Waals surface area contributed by atoms with Crippen LogP contribution in [0.2, 0.25) is 0 Å². The van der Waals surface area contributed by atoms with Crippen LogP contribution in [0.4, 0.5) is 14.6 Å². The van der Waals surface area contributed by atoms with Crippen LogP contribution in [-0.4, -0.2) is 44.5 Å². The van der Waals surface area contributed by atoms with Crippen LogP contribution in [0.5, 0.6) is 0 Å². The molecule has 180 valence electrons. The molecule has 0 spiro atoms. The van der Waals surface area contributed by atoms with Crippen LogP contribution in [0.1, 0.15) is 48.8 Å². The Balaban J connectivity index is 1.42. The van der Waals surface area contributed by atoms with E-state index in [2.05, 4.69) is 15.3 Å². The summed E-state index contributed by atoms with van der Waals surface area (Å²) < 4.78 is 28.9. The number of hydrogen-bond acceptors (Lipinski definition) is 4. The highest BCUT2D eigenvalue weighted by Crippen LogP contribution is 2.30. The Bertz CT molecular complexity index is 1200. The van der Waals surface area contributed by atoms with Gasteiger partial charge in [-0.1, -0.05) is 24.3 Å². The van der Waals surface area contributed by atoms with E-state index in [9.17, 15) is 13.6 Å². The lowest BCUT2D eigenvalue weighted by Gasteiger charge is -2.22. The zero-order chi connectivity index (χ0) is 24.6. The van der Waals surface area contributed by atoms with Crippen LogP contribution in [0, 0.1) is 13.8 Å². The number of carbonyl (C=O) groups excluding carboxylic acids is 1. The second kappa shape index (κ2) is 9.16. The van der Waals surface area contributed by atoms with Gasteiger partial charge in [0.25, 0.3) is 0 Å². The fourth-order valence-electron chi connectivity index (χ4n) is 4.68. The largest absolute Gasteiger partial charge is 0.365 e. The number of aromatic nitrogens is 3. The summed E-state index contributed by atoms with van der Waals surface area (Å²) in [6, 6.07) is 11.8. The van der Waals surface area contributed by atoms with Gasteiger partial charge in [0.15, 0.2) is 5.82 Å². The third kappa shape index (κ3) is 4.81. The summed E-state index contributed by atoms with van der Waals surface area (Å²) >= 11 is 0. The van der Waals surface area contributed by atoms with Crippen LogP contribution >= 0.6 is 0 Å². The molecule has 1 aromatic carbocycles. The van der Waals surface area contributed by atoms with E-state index in [-0.39, 0.29) is 23.7 Å². The van der Waals surface area contributed by atoms with E-state index in [1.54, 1.807) is 13.2 Å². The average molecular weight is 468 g/mol. The zero-order valence-corrected chi connectivity index (χ0v) is 20.3. The molecule has 3 aromatic rings. The Morgan fingerprint density at radius 3 is 2.56 bits per heavy atom. The Morgan fingerprint density at radius 2 is 1.91 bits per heavy atom. The number of halogens is 2. The van der Waals surface area contributed by atoms with E-state index in [0.717, 1.165) is 24.5 Å². The van der Waals surface area contributed by atoms with Gasteiger partial charge in [-0.05, 0) is 50.5 Å². The second-order valence-corrected chi connectivity index (χ2v) is 9.27. The van der Waals surface area contributed by atoms with Crippen molar-refractivity contribution in [2.24, 2.45) is 7.05 Å². The van der Waals surface area contributed by atoms with Crippen molar-refractivity contribution in [2.45, 2.75) is 52.0 Å². The minimum absolute atomic E-state index is 0.103. The topological polar surface area (TPSA) is 63.1 Å². The molecule has 0 aliphatic carbocycles. The van der Waals surface area contributed by atoms with Crippen LogP contribution in [0.15, 0.2) is 42.6 Å². The summed E-state index contributed by atoms with van der Waals surface area (Å²) in [6.45, 7) is 8.00. The van der Waals surface area contributed by atoms with Gasteiger partial charge in [0, 0.05) is 50.6 Å². The standard InChI is InChI=1S/C26H31F2N5O/c1-16-8-6-7-9-20(16)17(2)24(34)33-13-12-19(14-33)30-23-11-10-21(18(3)29-23)22-15-32(5)25(31-22)26(4,27)28/h6-11,15,17,19H,12-14H2,1-5H3,(H,29,30)/t17-,19-/m0/s1. The number of rotatable bonds is 6. The number of anilines is 1. The summed E-state index contributed by atoms with van der Waals surface area (Å²) in [5.41, 5.74) is 4.08. The number of alkyl halides is 2. The highest BCUT2D eigenvalue weighted by atomic mass is 19.3. The summed E-state index contributed by atoms with van der Waals surface area (Å²) in [5.74, 6) is -2.64. The summed E-state index contributed by atoms with van der Waals surface area (Å²) in [5, 5.41) is 3.43. The van der Waals surface area contributed by atoms with Crippen molar-refractivity contribution in [2.75, 3.05) is 18.4 Å². The molecule has 0 unspecified atom stereocenters. The highest BCUT2D eigenvalue weighted by molar-refractivity contribution is 5.84. The maximum Gasteiger partial charge on any atom is 0.302 e. The predicted octanol–water partition coefficient (Wildman–Crippen LogP) is 5.03. The molecule has 0 radical (unpaired) electrons. The van der Waals surface area contributed by atoms with E-state index in [0.29, 0.717) is 35.9 Å². The lowest BCUT2D eigenvalue weighted by molar-refractivity contribution is -0.131. The lowest BCUT2D eigenvalue weighted by atomic mass is 9.95. The molecule has 1 saturated heterocycles. The SMILES string of the molecule is Cc1ccccc1[C@H](C)C(=O)N1CC[C@H](Nc2ccc(-c3cn(C)c(C(C)(F)F)n3)c(C)n2)C1. The maximum absolute atomic E-state index is 13.8. The normalized spacial score (nSPS) is 17.1. The van der Waals surface area contributed by atoms with E-state index in [1.165, 1.54) is 4.57 Å². The molecule has 6 nitrogen and oxygen atoms in total. The first kappa shape index (κ1) is 23.9. The number of benzene rings is 1. The molecule has 0 bridgehead atoms. The summed E-state index contributed by atoms with van der Waals surface area (Å²) in [7, 11) is 1.56. The molecule has 2 aromatic heterocycles. The number of amides is 1. The number of nitrogens with one attached hydrogen (secondary N) is 1. The number of pyridine rings is 1. The van der Waals surface area contributed by atoms with Crippen molar-refractivity contribution >= 4 is 11.7 Å². The number of aryl methyl sites for hydroxylation is 3. The number of nitrogens with zero attached hydrogens (tertiary/aromatic N) is 4. The van der Waals surface area contributed by atoms with Crippen molar-refractivity contribution in [1.29, 1.82) is 0 Å². The van der Waals surface area contributed by atoms with Gasteiger partial charge in [-0.25, -0.2) is 9.97 Å². The van der Waals surface area contributed by atoms with Gasteiger partial charge in [0.1, 0.15) is 5.82 Å². The Kier molecular flexibility index (Phi) is 6.43. The molecule has 1 aliphatic rings. The first-order valence-corrected chi connectivity index (χ1v) is 11.5. The lowest BCUT2D eigenvalue weighted by Crippen LogP contribution is -2.34. The molecular formula is C26H31F2N5O. The molecular weight excluding hydrogens is 436 g/mol. The minimum atomic E-state index is -3.02. The number of likely N-dealkylation sites (tertiary alicyclic amines) is 1. The van der Waals surface area contributed by atoms with Gasteiger partial charge in [0.05, 0.1) is 11.6 Å². The molecule has 2 atom stereocenters. The molecule has 1 amide bonds. The third-order valence-electron chi connectivity index (χ3n) is 6.51. The smallest absolute Gasteiger partial charge is 0.302 e. The van der Waals surface area contributed by atoms with Crippen LogP contribution in [-0.2, 0) is 17.8 Å². The molecule has 4 rings (SSSR count). The molecule has 1 N–H and O–H groups in total. The number of hydrogen-bond donors (Lipinski definition) is 1. The van der Waals surface area contributed by atoms with Crippen LogP contribution in [0.3, 0.4) is 0 Å². The van der Waals surface area contributed by atoms with Crippen LogP contribution < -0.4 is 5.32 Å². The quantitative estimate of drug-likeness (QED) is 0.553. The Morgan fingerprint density at radius 1 is 1.18 bits per heavy atom. The fraction of sp³-hybridized carbons (Fsp3) is 0.423. The second-order valence-electron chi connectivity index (χ2n) is 9.27. The van der Waals surface area contributed by atoms with Gasteiger partial charge in [0.2, 0.25) is 5.91 Å². The first-order valence-electron chi connectivity index (χ1n) is 11.5. The van der Waals surface area contributed by atoms with E-state index in [4.69, 9.17) is 0 Å². The summed E-state index contributed by atoms with van der Waals surface area (Å²) in [6.07, 6.45) is 2.43. The van der Waals surface area contributed by atoms with E-state index >= 15 is 0 Å². The minimum Gasteiger partial charge on any atom is -0.365 e. The van der Waals surface area contributed by atoms with Gasteiger partial charge in [-0.3, -0.25) is 4.79 Å². The zero-order valence-electron chi connectivity index (χ0n) is 20.3. The van der Waals surface area contributed by atoms with Crippen molar-refractivity contribution < 1.29 is 13.6 Å². The monoisotopic (exact) mass is 467 g/mol. The van der Waals surface area contributed by atoms with Gasteiger partial charge in [-0.15, -0.1) is 0 Å². The molecule has 34 heavy (non-hydrogen) atoms. The number of carbonyl (C=O) groups is 1. The molecule has 8 heteroatoms. The summed E-state index contributed by atoms with van der Waals surface area (Å²) in [4.78, 5) is 23.7. The van der Waals surface area contributed by atoms with Gasteiger partial charge >= 0.3 is 5.92 Å². The van der Waals surface area contributed by atoms with E-state index < -0.39 is 5.92 Å². The van der Waals surface area contributed by atoms with Gasteiger partial charge < -0.3 is 14.8 Å². The van der Waals surface area contributed by atoms with Crippen molar-refractivity contribution in [3.8, 4) is 11.3 Å². The molecule has 0 saturated carbocycles. The maximum atomic E-state index is 13.8. The van der Waals surface area contributed by atoms with Crippen LogP contribution in [0.25, 0.3) is 11.3 Å². The molecule has 1 aliphatic heterocycles. The molecule has 3 heterocycles. The number of imidazole rings is 1. The van der Waals surface area contributed by atoms with E-state index in [1.807, 2.05) is 62.1 Å². The first-order chi connectivity index (χ1) is 16.0. The van der Waals surface area contributed by atoms with Gasteiger partial charge in [-0.2, -0.15) is 8.78 Å². The molecule has 1 fully saturated rings. The Labute approximate surface area is 199 Å². The van der Waals surface area contributed by atoms with Crippen molar-refractivity contribution in [3.05, 3.63) is 65.2 Å². The predicted molar refractivity (Wildman–Crippen MR) is 129 cm³/mol. The average Bonchev–Trinajstić information content (AvgIpc) is 3.39. The van der Waals surface area contributed by atoms with Crippen molar-refractivity contribution in [3.63, 3.8) is 0 Å². The fourth-order valence-corrected chi connectivity index (χ4v) is 4.68. The van der Waals surface area contributed by atoms with Crippen molar-refractivity contribution in [1.82, 2.24) is 19.4 Å². The Hall–Kier alpha value is -3.29. The highest BCUT2D eigenvalue weighted by Gasteiger charge is 2.31.